The normalized spacial score (nSPS) is 10.5. The summed E-state index contributed by atoms with van der Waals surface area (Å²) < 4.78 is 6.99. The number of hydrogen-bond donors (Lipinski definition) is 1. The van der Waals surface area contributed by atoms with E-state index < -0.39 is 0 Å². The summed E-state index contributed by atoms with van der Waals surface area (Å²) >= 11 is 3.56. The number of amides is 1. The molecular weight excluding hydrogens is 366 g/mol. The van der Waals surface area contributed by atoms with Gasteiger partial charge in [0.15, 0.2) is 0 Å². The lowest BCUT2D eigenvalue weighted by atomic mass is 10.0. The third-order valence-corrected chi connectivity index (χ3v) is 4.84. The first-order chi connectivity index (χ1) is 11.5. The number of rotatable bonds is 6. The van der Waals surface area contributed by atoms with Crippen LogP contribution in [0.15, 0.2) is 34.8 Å². The monoisotopic (exact) mass is 389 g/mol. The van der Waals surface area contributed by atoms with Crippen molar-refractivity contribution in [3.63, 3.8) is 0 Å². The first-order valence-electron chi connectivity index (χ1n) is 8.26. The maximum absolute atomic E-state index is 11.7. The van der Waals surface area contributed by atoms with Crippen LogP contribution in [0.2, 0.25) is 0 Å². The quantitative estimate of drug-likeness (QED) is 0.702. The van der Waals surface area contributed by atoms with Gasteiger partial charge < -0.3 is 10.1 Å². The van der Waals surface area contributed by atoms with E-state index in [0.717, 1.165) is 33.5 Å². The largest absolute Gasteiger partial charge is 0.489 e. The second-order valence-electron chi connectivity index (χ2n) is 5.85. The molecule has 1 N–H and O–H groups in total. The molecule has 0 saturated carbocycles. The Labute approximate surface area is 152 Å². The molecule has 24 heavy (non-hydrogen) atoms. The van der Waals surface area contributed by atoms with E-state index in [1.165, 1.54) is 11.1 Å². The molecule has 4 heteroatoms. The van der Waals surface area contributed by atoms with Gasteiger partial charge in [-0.25, -0.2) is 0 Å². The van der Waals surface area contributed by atoms with Crippen LogP contribution in [0.25, 0.3) is 0 Å². The Hall–Kier alpha value is -1.81. The lowest BCUT2D eigenvalue weighted by Crippen LogP contribution is -2.12. The molecule has 2 aromatic rings. The predicted octanol–water partition coefficient (Wildman–Crippen LogP) is 5.56. The van der Waals surface area contributed by atoms with E-state index in [2.05, 4.69) is 54.2 Å². The topological polar surface area (TPSA) is 38.3 Å². The Bertz CT molecular complexity index is 741. The smallest absolute Gasteiger partial charge is 0.224 e. The van der Waals surface area contributed by atoms with Gasteiger partial charge in [0.2, 0.25) is 5.91 Å². The van der Waals surface area contributed by atoms with Gasteiger partial charge in [0.05, 0.1) is 0 Å². The molecule has 0 unspecified atom stereocenters. The number of benzene rings is 2. The number of ether oxygens (including phenoxy) is 1. The van der Waals surface area contributed by atoms with Crippen molar-refractivity contribution in [2.75, 3.05) is 5.32 Å². The van der Waals surface area contributed by atoms with Crippen molar-refractivity contribution in [3.8, 4) is 5.75 Å². The predicted molar refractivity (Wildman–Crippen MR) is 103 cm³/mol. The summed E-state index contributed by atoms with van der Waals surface area (Å²) in [6.07, 6.45) is 1.47. The maximum Gasteiger partial charge on any atom is 0.224 e. The standard InChI is InChI=1S/C20H24BrNO2/c1-5-15-10-14(4)19(11-13(15)3)24-12-16-17(21)8-7-9-18(16)22-20(23)6-2/h7-11H,5-6,12H2,1-4H3,(H,22,23). The minimum atomic E-state index is -0.00586. The van der Waals surface area contributed by atoms with E-state index in [9.17, 15) is 4.79 Å². The number of aryl methyl sites for hydroxylation is 3. The van der Waals surface area contributed by atoms with Crippen LogP contribution in [0.1, 0.15) is 42.5 Å². The number of nitrogens with one attached hydrogen (secondary N) is 1. The molecule has 0 atom stereocenters. The van der Waals surface area contributed by atoms with E-state index in [1.807, 2.05) is 25.1 Å². The molecule has 0 bridgehead atoms. The summed E-state index contributed by atoms with van der Waals surface area (Å²) in [4.78, 5) is 11.7. The lowest BCUT2D eigenvalue weighted by molar-refractivity contribution is -0.115. The summed E-state index contributed by atoms with van der Waals surface area (Å²) in [5.41, 5.74) is 5.44. The van der Waals surface area contributed by atoms with Gasteiger partial charge in [0, 0.05) is 22.1 Å². The zero-order chi connectivity index (χ0) is 17.7. The van der Waals surface area contributed by atoms with E-state index in [1.54, 1.807) is 0 Å². The van der Waals surface area contributed by atoms with E-state index in [4.69, 9.17) is 4.74 Å². The average molecular weight is 390 g/mol. The van der Waals surface area contributed by atoms with Crippen LogP contribution < -0.4 is 10.1 Å². The SMILES string of the molecule is CCC(=O)Nc1cccc(Br)c1COc1cc(C)c(CC)cc1C. The first-order valence-corrected chi connectivity index (χ1v) is 9.05. The Balaban J connectivity index is 2.23. The van der Waals surface area contributed by atoms with Crippen LogP contribution in [0.4, 0.5) is 5.69 Å². The van der Waals surface area contributed by atoms with Gasteiger partial charge in [0.25, 0.3) is 0 Å². The highest BCUT2D eigenvalue weighted by Crippen LogP contribution is 2.29. The summed E-state index contributed by atoms with van der Waals surface area (Å²) in [6.45, 7) is 8.56. The molecule has 0 aliphatic rings. The second-order valence-corrected chi connectivity index (χ2v) is 6.71. The maximum atomic E-state index is 11.7. The lowest BCUT2D eigenvalue weighted by Gasteiger charge is -2.16. The van der Waals surface area contributed by atoms with Crippen molar-refractivity contribution in [2.24, 2.45) is 0 Å². The molecule has 0 saturated heterocycles. The van der Waals surface area contributed by atoms with Crippen LogP contribution >= 0.6 is 15.9 Å². The molecule has 2 rings (SSSR count). The van der Waals surface area contributed by atoms with Crippen LogP contribution in [0.5, 0.6) is 5.75 Å². The van der Waals surface area contributed by atoms with Gasteiger partial charge in [-0.1, -0.05) is 41.9 Å². The molecule has 2 aromatic carbocycles. The van der Waals surface area contributed by atoms with Crippen LogP contribution in [0, 0.1) is 13.8 Å². The molecular formula is C20H24BrNO2. The Morgan fingerprint density at radius 2 is 1.92 bits per heavy atom. The third kappa shape index (κ3) is 4.38. The van der Waals surface area contributed by atoms with Crippen molar-refractivity contribution in [3.05, 3.63) is 57.1 Å². The number of hydrogen-bond acceptors (Lipinski definition) is 2. The fourth-order valence-electron chi connectivity index (χ4n) is 2.60. The molecule has 0 aliphatic heterocycles. The summed E-state index contributed by atoms with van der Waals surface area (Å²) in [6, 6.07) is 10.0. The molecule has 128 valence electrons. The van der Waals surface area contributed by atoms with Crippen molar-refractivity contribution in [1.29, 1.82) is 0 Å². The van der Waals surface area contributed by atoms with Gasteiger partial charge in [-0.05, 0) is 55.2 Å². The number of halogens is 1. The van der Waals surface area contributed by atoms with Crippen molar-refractivity contribution in [1.82, 2.24) is 0 Å². The van der Waals surface area contributed by atoms with Crippen molar-refractivity contribution in [2.45, 2.75) is 47.1 Å². The van der Waals surface area contributed by atoms with Gasteiger partial charge in [-0.3, -0.25) is 4.79 Å². The van der Waals surface area contributed by atoms with Gasteiger partial charge in [-0.2, -0.15) is 0 Å². The Morgan fingerprint density at radius 3 is 2.58 bits per heavy atom. The van der Waals surface area contributed by atoms with Crippen LogP contribution in [-0.2, 0) is 17.8 Å². The highest BCUT2D eigenvalue weighted by atomic mass is 79.9. The zero-order valence-electron chi connectivity index (χ0n) is 14.7. The summed E-state index contributed by atoms with van der Waals surface area (Å²) in [5, 5.41) is 2.93. The molecule has 0 heterocycles. The van der Waals surface area contributed by atoms with Crippen molar-refractivity contribution >= 4 is 27.5 Å². The minimum Gasteiger partial charge on any atom is -0.489 e. The molecule has 0 fully saturated rings. The van der Waals surface area contributed by atoms with Crippen molar-refractivity contribution < 1.29 is 9.53 Å². The van der Waals surface area contributed by atoms with Crippen LogP contribution in [-0.4, -0.2) is 5.91 Å². The fraction of sp³-hybridized carbons (Fsp3) is 0.350. The van der Waals surface area contributed by atoms with Gasteiger partial charge in [-0.15, -0.1) is 0 Å². The highest BCUT2D eigenvalue weighted by Gasteiger charge is 2.11. The average Bonchev–Trinajstić information content (AvgIpc) is 2.56. The van der Waals surface area contributed by atoms with Gasteiger partial charge >= 0.3 is 0 Å². The fourth-order valence-corrected chi connectivity index (χ4v) is 3.08. The molecule has 1 amide bonds. The van der Waals surface area contributed by atoms with E-state index in [0.29, 0.717) is 13.0 Å². The molecule has 0 spiro atoms. The third-order valence-electron chi connectivity index (χ3n) is 4.10. The molecule has 0 radical (unpaired) electrons. The highest BCUT2D eigenvalue weighted by molar-refractivity contribution is 9.10. The molecule has 0 aliphatic carbocycles. The Kier molecular flexibility index (Phi) is 6.44. The van der Waals surface area contributed by atoms with E-state index >= 15 is 0 Å². The Morgan fingerprint density at radius 1 is 1.17 bits per heavy atom. The summed E-state index contributed by atoms with van der Waals surface area (Å²) in [7, 11) is 0. The molecule has 3 nitrogen and oxygen atoms in total. The first kappa shape index (κ1) is 18.5. The second kappa shape index (κ2) is 8.34. The minimum absolute atomic E-state index is 0.00586. The number of carbonyl (C=O) groups excluding carboxylic acids is 1. The number of anilines is 1. The van der Waals surface area contributed by atoms with Gasteiger partial charge in [0.1, 0.15) is 12.4 Å². The summed E-state index contributed by atoms with van der Waals surface area (Å²) in [5.74, 6) is 0.877. The number of carbonyl (C=O) groups is 1. The zero-order valence-corrected chi connectivity index (χ0v) is 16.3. The molecule has 0 aromatic heterocycles. The van der Waals surface area contributed by atoms with Crippen LogP contribution in [0.3, 0.4) is 0 Å². The van der Waals surface area contributed by atoms with E-state index in [-0.39, 0.29) is 5.91 Å².